The number of carboxylic acid groups (broad SMARTS) is 1. The molecule has 2 aromatic carbocycles. The molecule has 0 aliphatic carbocycles. The molecule has 23 heavy (non-hydrogen) atoms. The maximum atomic E-state index is 10.9. The van der Waals surface area contributed by atoms with Gasteiger partial charge in [-0.3, -0.25) is 0 Å². The molecule has 5 nitrogen and oxygen atoms in total. The minimum Gasteiger partial charge on any atom is -0.486 e. The summed E-state index contributed by atoms with van der Waals surface area (Å²) >= 11 is 0. The molecule has 1 atom stereocenters. The number of fused-ring (bicyclic) bond motifs is 1. The first-order valence-corrected chi connectivity index (χ1v) is 7.70. The Hall–Kier alpha value is -2.69. The molecule has 1 aliphatic rings. The Morgan fingerprint density at radius 2 is 2.04 bits per heavy atom. The Kier molecular flexibility index (Phi) is 4.10. The summed E-state index contributed by atoms with van der Waals surface area (Å²) in [5.41, 5.74) is 8.93. The van der Waals surface area contributed by atoms with E-state index in [2.05, 4.69) is 11.8 Å². The summed E-state index contributed by atoms with van der Waals surface area (Å²) in [5.74, 6) is -0.0972. The number of ether oxygens (including phenoxy) is 1. The zero-order chi connectivity index (χ0) is 16.4. The van der Waals surface area contributed by atoms with E-state index in [0.29, 0.717) is 17.8 Å². The van der Waals surface area contributed by atoms with E-state index in [1.54, 1.807) is 12.1 Å². The molecule has 0 radical (unpaired) electrons. The van der Waals surface area contributed by atoms with Crippen LogP contribution in [0.2, 0.25) is 0 Å². The van der Waals surface area contributed by atoms with Crippen LogP contribution in [0.4, 0.5) is 11.4 Å². The number of nitrogens with two attached hydrogens (primary N) is 1. The Bertz CT molecular complexity index is 713. The maximum Gasteiger partial charge on any atom is 0.335 e. The monoisotopic (exact) mass is 312 g/mol. The summed E-state index contributed by atoms with van der Waals surface area (Å²) < 4.78 is 5.98. The predicted octanol–water partition coefficient (Wildman–Crippen LogP) is 3.14. The van der Waals surface area contributed by atoms with Gasteiger partial charge >= 0.3 is 5.97 Å². The zero-order valence-corrected chi connectivity index (χ0v) is 13.0. The molecule has 0 fully saturated rings. The van der Waals surface area contributed by atoms with E-state index >= 15 is 0 Å². The third-order valence-corrected chi connectivity index (χ3v) is 4.07. The number of carbonyl (C=O) groups is 1. The van der Waals surface area contributed by atoms with Crippen LogP contribution in [0.25, 0.3) is 0 Å². The van der Waals surface area contributed by atoms with Crippen LogP contribution in [0, 0.1) is 0 Å². The van der Waals surface area contributed by atoms with E-state index in [1.165, 1.54) is 0 Å². The lowest BCUT2D eigenvalue weighted by molar-refractivity contribution is 0.0697. The first-order valence-electron chi connectivity index (χ1n) is 7.70. The van der Waals surface area contributed by atoms with Gasteiger partial charge in [0, 0.05) is 18.3 Å². The van der Waals surface area contributed by atoms with Gasteiger partial charge in [-0.05, 0) is 36.2 Å². The molecule has 3 rings (SSSR count). The largest absolute Gasteiger partial charge is 0.486 e. The van der Waals surface area contributed by atoms with Gasteiger partial charge in [0.15, 0.2) is 0 Å². The molecule has 2 aromatic rings. The van der Waals surface area contributed by atoms with Crippen molar-refractivity contribution in [1.82, 2.24) is 0 Å². The number of carboxylic acids is 1. The summed E-state index contributed by atoms with van der Waals surface area (Å²) in [6.45, 7) is 3.60. The molecule has 0 amide bonds. The molecule has 0 saturated heterocycles. The van der Waals surface area contributed by atoms with E-state index in [-0.39, 0.29) is 6.10 Å². The van der Waals surface area contributed by atoms with Crippen LogP contribution < -0.4 is 15.4 Å². The topological polar surface area (TPSA) is 75.8 Å². The van der Waals surface area contributed by atoms with Crippen molar-refractivity contribution in [1.29, 1.82) is 0 Å². The lowest BCUT2D eigenvalue weighted by atomic mass is 10.1. The molecule has 0 spiro atoms. The highest BCUT2D eigenvalue weighted by Crippen LogP contribution is 2.36. The highest BCUT2D eigenvalue weighted by Gasteiger charge is 2.24. The molecule has 0 saturated carbocycles. The fourth-order valence-electron chi connectivity index (χ4n) is 2.78. The normalized spacial score (nSPS) is 16.6. The van der Waals surface area contributed by atoms with Crippen molar-refractivity contribution in [2.24, 2.45) is 0 Å². The van der Waals surface area contributed by atoms with Gasteiger partial charge in [0.05, 0.1) is 17.8 Å². The predicted molar refractivity (Wildman–Crippen MR) is 90.0 cm³/mol. The molecule has 1 unspecified atom stereocenters. The van der Waals surface area contributed by atoms with Crippen molar-refractivity contribution in [3.05, 3.63) is 53.6 Å². The number of hydrogen-bond donors (Lipinski definition) is 2. The second-order valence-electron chi connectivity index (χ2n) is 5.76. The Morgan fingerprint density at radius 3 is 2.70 bits per heavy atom. The van der Waals surface area contributed by atoms with Gasteiger partial charge < -0.3 is 20.5 Å². The fourth-order valence-corrected chi connectivity index (χ4v) is 2.78. The number of hydrogen-bond acceptors (Lipinski definition) is 4. The summed E-state index contributed by atoms with van der Waals surface area (Å²) in [7, 11) is 0. The van der Waals surface area contributed by atoms with E-state index in [1.807, 2.05) is 30.3 Å². The van der Waals surface area contributed by atoms with Crippen molar-refractivity contribution in [3.63, 3.8) is 0 Å². The molecule has 120 valence electrons. The molecular formula is C18H20N2O3. The van der Waals surface area contributed by atoms with Gasteiger partial charge in [-0.25, -0.2) is 4.79 Å². The van der Waals surface area contributed by atoms with Crippen LogP contribution in [0.3, 0.4) is 0 Å². The fraction of sp³-hybridized carbons (Fsp3) is 0.278. The van der Waals surface area contributed by atoms with Crippen molar-refractivity contribution < 1.29 is 14.6 Å². The van der Waals surface area contributed by atoms with Crippen molar-refractivity contribution in [2.75, 3.05) is 17.2 Å². The number of anilines is 2. The number of nitrogen functional groups attached to an aromatic ring is 1. The lowest BCUT2D eigenvalue weighted by Crippen LogP contribution is -2.39. The maximum absolute atomic E-state index is 10.9. The summed E-state index contributed by atoms with van der Waals surface area (Å²) in [6, 6.07) is 12.7. The molecule has 5 heteroatoms. The summed E-state index contributed by atoms with van der Waals surface area (Å²) in [5, 5.41) is 8.98. The van der Waals surface area contributed by atoms with E-state index < -0.39 is 5.97 Å². The van der Waals surface area contributed by atoms with Gasteiger partial charge in [0.2, 0.25) is 0 Å². The number of benzene rings is 2. The second-order valence-corrected chi connectivity index (χ2v) is 5.76. The smallest absolute Gasteiger partial charge is 0.335 e. The summed E-state index contributed by atoms with van der Waals surface area (Å²) in [4.78, 5) is 13.2. The molecule has 0 aromatic heterocycles. The van der Waals surface area contributed by atoms with Crippen LogP contribution in [0.1, 0.15) is 29.3 Å². The van der Waals surface area contributed by atoms with Crippen LogP contribution in [-0.4, -0.2) is 23.7 Å². The molecule has 1 heterocycles. The van der Waals surface area contributed by atoms with E-state index in [4.69, 9.17) is 15.6 Å². The Balaban J connectivity index is 1.85. The number of aromatic carboxylic acids is 1. The minimum atomic E-state index is -0.908. The van der Waals surface area contributed by atoms with Gasteiger partial charge in [0.25, 0.3) is 0 Å². The highest BCUT2D eigenvalue weighted by atomic mass is 16.5. The number of rotatable bonds is 4. The lowest BCUT2D eigenvalue weighted by Gasteiger charge is -2.36. The standard InChI is InChI=1S/C18H20N2O3/c1-2-15-11-20(16-8-7-14(19)9-17(16)23-15)10-12-3-5-13(6-4-12)18(21)22/h3-9,15H,2,10-11,19H2,1H3,(H,21,22). The molecule has 1 aliphatic heterocycles. The minimum absolute atomic E-state index is 0.127. The van der Waals surface area contributed by atoms with Crippen LogP contribution in [-0.2, 0) is 6.54 Å². The first kappa shape index (κ1) is 15.2. The average Bonchev–Trinajstić information content (AvgIpc) is 2.54. The van der Waals surface area contributed by atoms with Crippen LogP contribution in [0.5, 0.6) is 5.75 Å². The van der Waals surface area contributed by atoms with Crippen LogP contribution >= 0.6 is 0 Å². The molecular weight excluding hydrogens is 292 g/mol. The van der Waals surface area contributed by atoms with Gasteiger partial charge in [0.1, 0.15) is 11.9 Å². The quantitative estimate of drug-likeness (QED) is 0.848. The van der Waals surface area contributed by atoms with Gasteiger partial charge in [-0.15, -0.1) is 0 Å². The van der Waals surface area contributed by atoms with Gasteiger partial charge in [-0.1, -0.05) is 19.1 Å². The third-order valence-electron chi connectivity index (χ3n) is 4.07. The number of nitrogens with zero attached hydrogens (tertiary/aromatic N) is 1. The van der Waals surface area contributed by atoms with Crippen LogP contribution in [0.15, 0.2) is 42.5 Å². The van der Waals surface area contributed by atoms with Crippen molar-refractivity contribution in [3.8, 4) is 5.75 Å². The Morgan fingerprint density at radius 1 is 1.30 bits per heavy atom. The molecule has 0 bridgehead atoms. The first-order chi connectivity index (χ1) is 11.1. The second kappa shape index (κ2) is 6.20. The van der Waals surface area contributed by atoms with Crippen molar-refractivity contribution in [2.45, 2.75) is 26.0 Å². The Labute approximate surface area is 135 Å². The van der Waals surface area contributed by atoms with E-state index in [0.717, 1.165) is 30.0 Å². The van der Waals surface area contributed by atoms with Crippen molar-refractivity contribution >= 4 is 17.3 Å². The summed E-state index contributed by atoms with van der Waals surface area (Å²) in [6.07, 6.45) is 1.05. The third kappa shape index (κ3) is 3.23. The average molecular weight is 312 g/mol. The molecule has 3 N–H and O–H groups in total. The SMILES string of the molecule is CCC1CN(Cc2ccc(C(=O)O)cc2)c2ccc(N)cc2O1. The zero-order valence-electron chi connectivity index (χ0n) is 13.0. The van der Waals surface area contributed by atoms with E-state index in [9.17, 15) is 4.79 Å². The van der Waals surface area contributed by atoms with Gasteiger partial charge in [-0.2, -0.15) is 0 Å². The highest BCUT2D eigenvalue weighted by molar-refractivity contribution is 5.87.